The fourth-order valence-corrected chi connectivity index (χ4v) is 3.84. The second-order valence-corrected chi connectivity index (χ2v) is 7.55. The Labute approximate surface area is 164 Å². The van der Waals surface area contributed by atoms with Crippen LogP contribution in [0.4, 0.5) is 5.69 Å². The summed E-state index contributed by atoms with van der Waals surface area (Å²) in [6.07, 6.45) is 0. The Kier molecular flexibility index (Phi) is 5.85. The Hall–Kier alpha value is -2.44. The summed E-state index contributed by atoms with van der Waals surface area (Å²) in [5.41, 5.74) is 3.53. The first-order valence-electron chi connectivity index (χ1n) is 8.01. The number of nitrogens with one attached hydrogen (secondary N) is 2. The molecule has 3 aromatic rings. The van der Waals surface area contributed by atoms with Crippen molar-refractivity contribution in [3.8, 4) is 11.1 Å². The van der Waals surface area contributed by atoms with Crippen LogP contribution in [-0.2, 0) is 4.79 Å². The number of thiophene rings is 1. The molecular weight excluding hydrogens is 412 g/mol. The van der Waals surface area contributed by atoms with E-state index in [1.807, 2.05) is 66.9 Å². The third kappa shape index (κ3) is 4.39. The minimum absolute atomic E-state index is 0.0829. The summed E-state index contributed by atoms with van der Waals surface area (Å²) in [5, 5.41) is 7.39. The van der Waals surface area contributed by atoms with Gasteiger partial charge in [0.25, 0.3) is 5.91 Å². The first kappa shape index (κ1) is 18.4. The Morgan fingerprint density at radius 3 is 2.58 bits per heavy atom. The van der Waals surface area contributed by atoms with Gasteiger partial charge in [0.15, 0.2) is 0 Å². The zero-order chi connectivity index (χ0) is 18.5. The number of aryl methyl sites for hydroxylation is 1. The van der Waals surface area contributed by atoms with Gasteiger partial charge in [0.2, 0.25) is 5.91 Å². The van der Waals surface area contributed by atoms with Crippen LogP contribution in [0.15, 0.2) is 64.5 Å². The van der Waals surface area contributed by atoms with Gasteiger partial charge in [-0.3, -0.25) is 9.59 Å². The summed E-state index contributed by atoms with van der Waals surface area (Å²) in [4.78, 5) is 25.2. The standard InChI is InChI=1S/C20H17BrN2O2S/c1-13-11-15(21)7-8-17(13)23-18(24)12-22-20(25)19-16(9-10-26-19)14-5-3-2-4-6-14/h2-11H,12H2,1H3,(H,22,25)(H,23,24). The highest BCUT2D eigenvalue weighted by Gasteiger charge is 2.15. The SMILES string of the molecule is Cc1cc(Br)ccc1NC(=O)CNC(=O)c1sccc1-c1ccccc1. The molecule has 132 valence electrons. The molecule has 0 aliphatic rings. The Bertz CT molecular complexity index is 938. The van der Waals surface area contributed by atoms with E-state index >= 15 is 0 Å². The molecule has 0 radical (unpaired) electrons. The number of hydrogen-bond donors (Lipinski definition) is 2. The molecule has 4 nitrogen and oxygen atoms in total. The van der Waals surface area contributed by atoms with Crippen molar-refractivity contribution in [1.29, 1.82) is 0 Å². The average molecular weight is 429 g/mol. The molecule has 0 spiro atoms. The molecule has 0 atom stereocenters. The molecule has 26 heavy (non-hydrogen) atoms. The largest absolute Gasteiger partial charge is 0.342 e. The topological polar surface area (TPSA) is 58.2 Å². The van der Waals surface area contributed by atoms with Crippen molar-refractivity contribution in [2.75, 3.05) is 11.9 Å². The van der Waals surface area contributed by atoms with Gasteiger partial charge in [-0.25, -0.2) is 0 Å². The fraction of sp³-hybridized carbons (Fsp3) is 0.100. The molecule has 1 heterocycles. The van der Waals surface area contributed by atoms with Gasteiger partial charge in [-0.05, 0) is 47.7 Å². The molecule has 0 aliphatic heterocycles. The molecule has 1 aromatic heterocycles. The first-order valence-corrected chi connectivity index (χ1v) is 9.69. The number of anilines is 1. The van der Waals surface area contributed by atoms with E-state index in [-0.39, 0.29) is 18.4 Å². The van der Waals surface area contributed by atoms with Gasteiger partial charge in [0.1, 0.15) is 0 Å². The van der Waals surface area contributed by atoms with Crippen molar-refractivity contribution < 1.29 is 9.59 Å². The number of amides is 2. The molecule has 0 aliphatic carbocycles. The summed E-state index contributed by atoms with van der Waals surface area (Å²) in [5.74, 6) is -0.511. The lowest BCUT2D eigenvalue weighted by atomic mass is 10.1. The van der Waals surface area contributed by atoms with E-state index in [1.54, 1.807) is 0 Å². The van der Waals surface area contributed by atoms with Crippen LogP contribution >= 0.6 is 27.3 Å². The maximum absolute atomic E-state index is 12.5. The minimum atomic E-state index is -0.262. The zero-order valence-corrected chi connectivity index (χ0v) is 16.5. The van der Waals surface area contributed by atoms with E-state index in [0.717, 1.165) is 26.9 Å². The molecule has 3 rings (SSSR count). The molecule has 2 N–H and O–H groups in total. The van der Waals surface area contributed by atoms with Gasteiger partial charge in [-0.15, -0.1) is 11.3 Å². The number of halogens is 1. The van der Waals surface area contributed by atoms with Crippen molar-refractivity contribution in [2.24, 2.45) is 0 Å². The van der Waals surface area contributed by atoms with Crippen molar-refractivity contribution in [1.82, 2.24) is 5.32 Å². The van der Waals surface area contributed by atoms with Crippen LogP contribution in [-0.4, -0.2) is 18.4 Å². The Balaban J connectivity index is 1.63. The van der Waals surface area contributed by atoms with Crippen LogP contribution in [0.2, 0.25) is 0 Å². The van der Waals surface area contributed by atoms with Crippen LogP contribution in [0.3, 0.4) is 0 Å². The lowest BCUT2D eigenvalue weighted by Crippen LogP contribution is -2.32. The van der Waals surface area contributed by atoms with Gasteiger partial charge in [-0.2, -0.15) is 0 Å². The third-order valence-corrected chi connectivity index (χ3v) is 5.23. The number of hydrogen-bond acceptors (Lipinski definition) is 3. The van der Waals surface area contributed by atoms with Crippen LogP contribution < -0.4 is 10.6 Å². The third-order valence-electron chi connectivity index (χ3n) is 3.83. The predicted molar refractivity (Wildman–Crippen MR) is 110 cm³/mol. The van der Waals surface area contributed by atoms with Crippen LogP contribution in [0, 0.1) is 6.92 Å². The predicted octanol–water partition coefficient (Wildman–Crippen LogP) is 4.85. The van der Waals surface area contributed by atoms with Crippen molar-refractivity contribution >= 4 is 44.8 Å². The van der Waals surface area contributed by atoms with Crippen molar-refractivity contribution in [2.45, 2.75) is 6.92 Å². The highest BCUT2D eigenvalue weighted by Crippen LogP contribution is 2.28. The van der Waals surface area contributed by atoms with Crippen molar-refractivity contribution in [3.05, 3.63) is 74.9 Å². The lowest BCUT2D eigenvalue weighted by Gasteiger charge is -2.10. The summed E-state index contributed by atoms with van der Waals surface area (Å²) >= 11 is 4.75. The highest BCUT2D eigenvalue weighted by atomic mass is 79.9. The number of benzene rings is 2. The molecule has 0 unspecified atom stereocenters. The second kappa shape index (κ2) is 8.29. The maximum Gasteiger partial charge on any atom is 0.262 e. The quantitative estimate of drug-likeness (QED) is 0.609. The molecule has 0 saturated heterocycles. The fourth-order valence-electron chi connectivity index (χ4n) is 2.53. The molecule has 0 saturated carbocycles. The van der Waals surface area contributed by atoms with Crippen LogP contribution in [0.5, 0.6) is 0 Å². The van der Waals surface area contributed by atoms with Crippen LogP contribution in [0.1, 0.15) is 15.2 Å². The maximum atomic E-state index is 12.5. The normalized spacial score (nSPS) is 10.4. The molecular formula is C20H17BrN2O2S. The number of carbonyl (C=O) groups excluding carboxylic acids is 2. The van der Waals surface area contributed by atoms with Crippen molar-refractivity contribution in [3.63, 3.8) is 0 Å². The van der Waals surface area contributed by atoms with E-state index in [1.165, 1.54) is 11.3 Å². The number of rotatable bonds is 5. The van der Waals surface area contributed by atoms with E-state index in [4.69, 9.17) is 0 Å². The van der Waals surface area contributed by atoms with E-state index in [9.17, 15) is 9.59 Å². The summed E-state index contributed by atoms with van der Waals surface area (Å²) in [6.45, 7) is 1.83. The number of carbonyl (C=O) groups is 2. The van der Waals surface area contributed by atoms with Gasteiger partial charge in [0.05, 0.1) is 11.4 Å². The Morgan fingerprint density at radius 2 is 1.85 bits per heavy atom. The van der Waals surface area contributed by atoms with Crippen LogP contribution in [0.25, 0.3) is 11.1 Å². The molecule has 0 fully saturated rings. The van der Waals surface area contributed by atoms with E-state index in [2.05, 4.69) is 26.6 Å². The summed E-state index contributed by atoms with van der Waals surface area (Å²) in [6, 6.07) is 17.2. The molecule has 0 bridgehead atoms. The molecule has 2 amide bonds. The van der Waals surface area contributed by atoms with Gasteiger partial charge >= 0.3 is 0 Å². The van der Waals surface area contributed by atoms with Gasteiger partial charge in [-0.1, -0.05) is 46.3 Å². The molecule has 2 aromatic carbocycles. The summed E-state index contributed by atoms with van der Waals surface area (Å²) in [7, 11) is 0. The zero-order valence-electron chi connectivity index (χ0n) is 14.1. The second-order valence-electron chi connectivity index (χ2n) is 5.72. The lowest BCUT2D eigenvalue weighted by molar-refractivity contribution is -0.115. The van der Waals surface area contributed by atoms with E-state index in [0.29, 0.717) is 4.88 Å². The monoisotopic (exact) mass is 428 g/mol. The highest BCUT2D eigenvalue weighted by molar-refractivity contribution is 9.10. The molecule has 6 heteroatoms. The minimum Gasteiger partial charge on any atom is -0.342 e. The Morgan fingerprint density at radius 1 is 1.08 bits per heavy atom. The van der Waals surface area contributed by atoms with Gasteiger partial charge in [0, 0.05) is 15.7 Å². The average Bonchev–Trinajstić information content (AvgIpc) is 3.13. The first-order chi connectivity index (χ1) is 12.5. The van der Waals surface area contributed by atoms with E-state index < -0.39 is 0 Å². The smallest absolute Gasteiger partial charge is 0.262 e. The van der Waals surface area contributed by atoms with Gasteiger partial charge < -0.3 is 10.6 Å². The summed E-state index contributed by atoms with van der Waals surface area (Å²) < 4.78 is 0.951.